The van der Waals surface area contributed by atoms with Crippen LogP contribution in [-0.2, 0) is 6.54 Å². The molecule has 0 aliphatic rings. The van der Waals surface area contributed by atoms with Crippen LogP contribution in [0.15, 0.2) is 84.1 Å². The summed E-state index contributed by atoms with van der Waals surface area (Å²) in [6.07, 6.45) is 8.50. The average molecular weight is 440 g/mol. The predicted octanol–water partition coefficient (Wildman–Crippen LogP) is 5.41. The molecule has 1 heterocycles. The lowest BCUT2D eigenvalue weighted by Gasteiger charge is -2.18. The maximum absolute atomic E-state index is 13.4. The number of aromatic nitrogens is 1. The second-order valence-corrected chi connectivity index (χ2v) is 7.49. The van der Waals surface area contributed by atoms with E-state index in [-0.39, 0.29) is 11.7 Å². The fourth-order valence-corrected chi connectivity index (χ4v) is 3.46. The molecule has 0 bridgehead atoms. The number of allylic oxidation sites excluding steroid dienone is 3. The van der Waals surface area contributed by atoms with E-state index in [1.165, 1.54) is 18.3 Å². The largest absolute Gasteiger partial charge is 0.405 e. The Balaban J connectivity index is 1.81. The first-order valence-corrected chi connectivity index (χ1v) is 10.5. The van der Waals surface area contributed by atoms with Gasteiger partial charge < -0.3 is 11.1 Å². The molecule has 0 aliphatic heterocycles. The molecule has 5 nitrogen and oxygen atoms in total. The first kappa shape index (κ1) is 23.4. The molecule has 33 heavy (non-hydrogen) atoms. The topological polar surface area (TPSA) is 87.1 Å². The molecule has 0 saturated carbocycles. The van der Waals surface area contributed by atoms with E-state index in [4.69, 9.17) is 5.73 Å². The SMILES string of the molecule is CN=C/C(=C\C=C\N)c1ccc(CNc2ncc(C#N)cc2[C@@H](C)c2ccc(F)cc2)cc1. The highest BCUT2D eigenvalue weighted by molar-refractivity contribution is 6.10. The van der Waals surface area contributed by atoms with E-state index in [9.17, 15) is 9.65 Å². The van der Waals surface area contributed by atoms with Crippen molar-refractivity contribution in [3.8, 4) is 6.07 Å². The van der Waals surface area contributed by atoms with Gasteiger partial charge in [0.1, 0.15) is 17.7 Å². The van der Waals surface area contributed by atoms with E-state index in [0.717, 1.165) is 27.8 Å². The standard InChI is InChI=1S/C27H26FN5/c1-19(22-9-11-25(28)12-10-22)26-14-21(15-30)17-33-27(26)32-16-20-5-7-23(8-6-20)24(18-31-2)4-3-13-29/h3-14,17-19H,16,29H2,1-2H3,(H,32,33)/b13-3+,24-4+,31-18?/t19-/m0/s1. The number of halogens is 1. The third kappa shape index (κ3) is 6.14. The molecule has 0 amide bonds. The van der Waals surface area contributed by atoms with Gasteiger partial charge in [0.25, 0.3) is 0 Å². The minimum Gasteiger partial charge on any atom is -0.405 e. The molecule has 0 aliphatic carbocycles. The van der Waals surface area contributed by atoms with Gasteiger partial charge in [-0.3, -0.25) is 4.99 Å². The third-order valence-electron chi connectivity index (χ3n) is 5.29. The van der Waals surface area contributed by atoms with Gasteiger partial charge >= 0.3 is 0 Å². The van der Waals surface area contributed by atoms with Crippen molar-refractivity contribution in [1.29, 1.82) is 5.26 Å². The van der Waals surface area contributed by atoms with Crippen LogP contribution in [0.5, 0.6) is 0 Å². The van der Waals surface area contributed by atoms with Crippen LogP contribution in [0.2, 0.25) is 0 Å². The van der Waals surface area contributed by atoms with Gasteiger partial charge in [-0.1, -0.05) is 49.4 Å². The molecule has 0 fully saturated rings. The molecule has 1 atom stereocenters. The van der Waals surface area contributed by atoms with Crippen LogP contribution in [0.3, 0.4) is 0 Å². The number of nitrogens with zero attached hydrogens (tertiary/aromatic N) is 3. The summed E-state index contributed by atoms with van der Waals surface area (Å²) in [5.74, 6) is 0.355. The van der Waals surface area contributed by atoms with E-state index in [2.05, 4.69) is 21.4 Å². The summed E-state index contributed by atoms with van der Waals surface area (Å²) in [7, 11) is 1.73. The van der Waals surface area contributed by atoms with Crippen molar-refractivity contribution in [3.05, 3.63) is 113 Å². The number of benzene rings is 2. The van der Waals surface area contributed by atoms with E-state index >= 15 is 0 Å². The fourth-order valence-electron chi connectivity index (χ4n) is 3.46. The quantitative estimate of drug-likeness (QED) is 0.363. The van der Waals surface area contributed by atoms with Crippen molar-refractivity contribution >= 4 is 17.6 Å². The van der Waals surface area contributed by atoms with Crippen LogP contribution in [0.1, 0.15) is 40.7 Å². The van der Waals surface area contributed by atoms with Gasteiger partial charge in [0.15, 0.2) is 0 Å². The van der Waals surface area contributed by atoms with Gasteiger partial charge in [0.2, 0.25) is 0 Å². The number of nitriles is 1. The van der Waals surface area contributed by atoms with Gasteiger partial charge in [-0.25, -0.2) is 9.37 Å². The molecule has 3 rings (SSSR count). The average Bonchev–Trinajstić information content (AvgIpc) is 2.85. The number of nitrogens with two attached hydrogens (primary N) is 1. The molecule has 1 aromatic heterocycles. The normalized spacial score (nSPS) is 12.7. The molecule has 3 N–H and O–H groups in total. The van der Waals surface area contributed by atoms with Gasteiger partial charge in [-0.05, 0) is 52.7 Å². The summed E-state index contributed by atoms with van der Waals surface area (Å²) in [6.45, 7) is 2.58. The van der Waals surface area contributed by atoms with Crippen LogP contribution in [-0.4, -0.2) is 18.2 Å². The lowest BCUT2D eigenvalue weighted by Crippen LogP contribution is -2.08. The molecule has 6 heteroatoms. The molecule has 0 unspecified atom stereocenters. The van der Waals surface area contributed by atoms with Gasteiger partial charge in [0, 0.05) is 37.5 Å². The lowest BCUT2D eigenvalue weighted by molar-refractivity contribution is 0.626. The maximum Gasteiger partial charge on any atom is 0.130 e. The highest BCUT2D eigenvalue weighted by Gasteiger charge is 2.15. The highest BCUT2D eigenvalue weighted by Crippen LogP contribution is 2.30. The first-order chi connectivity index (χ1) is 16.0. The number of aliphatic imine (C=N–C) groups is 1. The molecule has 0 spiro atoms. The summed E-state index contributed by atoms with van der Waals surface area (Å²) in [6, 6.07) is 18.5. The van der Waals surface area contributed by atoms with Crippen molar-refractivity contribution < 1.29 is 4.39 Å². The fraction of sp³-hybridized carbons (Fsp3) is 0.148. The Hall–Kier alpha value is -4.24. The van der Waals surface area contributed by atoms with E-state index in [1.54, 1.807) is 37.7 Å². The summed E-state index contributed by atoms with van der Waals surface area (Å²) < 4.78 is 13.4. The number of pyridine rings is 1. The number of hydrogen-bond donors (Lipinski definition) is 2. The Morgan fingerprint density at radius 2 is 1.94 bits per heavy atom. The van der Waals surface area contributed by atoms with Crippen molar-refractivity contribution in [1.82, 2.24) is 4.98 Å². The van der Waals surface area contributed by atoms with Crippen LogP contribution in [0.4, 0.5) is 10.2 Å². The lowest BCUT2D eigenvalue weighted by atomic mass is 9.92. The number of nitrogens with one attached hydrogen (secondary N) is 1. The van der Waals surface area contributed by atoms with Gasteiger partial charge in [-0.2, -0.15) is 5.26 Å². The highest BCUT2D eigenvalue weighted by atomic mass is 19.1. The number of anilines is 1. The minimum atomic E-state index is -0.279. The molecular formula is C27H26FN5. The maximum atomic E-state index is 13.4. The van der Waals surface area contributed by atoms with Crippen LogP contribution in [0, 0.1) is 17.1 Å². The van der Waals surface area contributed by atoms with Crippen molar-refractivity contribution in [2.24, 2.45) is 10.7 Å². The zero-order valence-electron chi connectivity index (χ0n) is 18.7. The summed E-state index contributed by atoms with van der Waals surface area (Å²) in [5.41, 5.74) is 10.8. The number of rotatable bonds is 8. The zero-order chi connectivity index (χ0) is 23.6. The number of hydrogen-bond acceptors (Lipinski definition) is 5. The van der Waals surface area contributed by atoms with E-state index in [0.29, 0.717) is 17.9 Å². The Morgan fingerprint density at radius 3 is 2.58 bits per heavy atom. The molecular weight excluding hydrogens is 413 g/mol. The summed E-state index contributed by atoms with van der Waals surface area (Å²) in [5, 5.41) is 12.7. The van der Waals surface area contributed by atoms with Gasteiger partial charge in [0.05, 0.1) is 5.56 Å². The molecule has 0 radical (unpaired) electrons. The first-order valence-electron chi connectivity index (χ1n) is 10.5. The Kier molecular flexibility index (Phi) is 8.09. The minimum absolute atomic E-state index is 0.0621. The second-order valence-electron chi connectivity index (χ2n) is 7.49. The van der Waals surface area contributed by atoms with Crippen molar-refractivity contribution in [2.75, 3.05) is 12.4 Å². The smallest absolute Gasteiger partial charge is 0.130 e. The second kappa shape index (κ2) is 11.4. The van der Waals surface area contributed by atoms with Crippen LogP contribution < -0.4 is 11.1 Å². The van der Waals surface area contributed by atoms with Crippen LogP contribution in [0.25, 0.3) is 5.57 Å². The third-order valence-corrected chi connectivity index (χ3v) is 5.29. The van der Waals surface area contributed by atoms with Crippen molar-refractivity contribution in [3.63, 3.8) is 0 Å². The summed E-state index contributed by atoms with van der Waals surface area (Å²) >= 11 is 0. The van der Waals surface area contributed by atoms with E-state index in [1.807, 2.05) is 43.3 Å². The Bertz CT molecular complexity index is 1200. The zero-order valence-corrected chi connectivity index (χ0v) is 18.7. The van der Waals surface area contributed by atoms with E-state index < -0.39 is 0 Å². The predicted molar refractivity (Wildman–Crippen MR) is 132 cm³/mol. The summed E-state index contributed by atoms with van der Waals surface area (Å²) in [4.78, 5) is 8.58. The molecule has 2 aromatic carbocycles. The molecule has 3 aromatic rings. The molecule has 0 saturated heterocycles. The Labute approximate surface area is 193 Å². The van der Waals surface area contributed by atoms with Crippen LogP contribution >= 0.6 is 0 Å². The monoisotopic (exact) mass is 439 g/mol. The Morgan fingerprint density at radius 1 is 1.21 bits per heavy atom. The van der Waals surface area contributed by atoms with Gasteiger partial charge in [-0.15, -0.1) is 0 Å². The van der Waals surface area contributed by atoms with Crippen molar-refractivity contribution in [2.45, 2.75) is 19.4 Å². The molecule has 166 valence electrons.